The molecule has 0 N–H and O–H groups in total. The van der Waals surface area contributed by atoms with Crippen molar-refractivity contribution in [3.8, 4) is 17.2 Å². The van der Waals surface area contributed by atoms with Crippen molar-refractivity contribution >= 4 is 17.6 Å². The fraction of sp³-hybridized carbons (Fsp3) is 0.448. The second-order valence-corrected chi connectivity index (χ2v) is 9.93. The van der Waals surface area contributed by atoms with E-state index in [2.05, 4.69) is 0 Å². The van der Waals surface area contributed by atoms with Gasteiger partial charge in [-0.05, 0) is 61.7 Å². The predicted molar refractivity (Wildman–Crippen MR) is 142 cm³/mol. The van der Waals surface area contributed by atoms with E-state index in [1.165, 1.54) is 12.0 Å². The highest BCUT2D eigenvalue weighted by molar-refractivity contribution is 6.00. The zero-order chi connectivity index (χ0) is 27.9. The number of rotatable bonds is 9. The lowest BCUT2D eigenvalue weighted by atomic mass is 9.85. The molecule has 0 bridgehead atoms. The Morgan fingerprint density at radius 1 is 0.947 bits per heavy atom. The molecule has 1 atom stereocenters. The van der Waals surface area contributed by atoms with Gasteiger partial charge in [-0.15, -0.1) is 0 Å². The van der Waals surface area contributed by atoms with Crippen molar-refractivity contribution in [2.75, 3.05) is 48.1 Å². The molecular formula is C29H37NO8. The largest absolute Gasteiger partial charge is 0.497 e. The smallest absolute Gasteiger partial charge is 0.410 e. The molecule has 9 heteroatoms. The number of carbonyl (C=O) groups excluding carboxylic acids is 2. The molecule has 0 saturated carbocycles. The molecule has 0 aliphatic carbocycles. The third-order valence-corrected chi connectivity index (χ3v) is 5.94. The first-order valence-electron chi connectivity index (χ1n) is 12.3. The zero-order valence-electron chi connectivity index (χ0n) is 23.2. The number of ether oxygens (including phenoxy) is 6. The van der Waals surface area contributed by atoms with Gasteiger partial charge >= 0.3 is 12.1 Å². The van der Waals surface area contributed by atoms with Crippen molar-refractivity contribution in [1.29, 1.82) is 0 Å². The van der Waals surface area contributed by atoms with Gasteiger partial charge in [0.2, 0.25) is 0 Å². The SMILES string of the molecule is COCC1CN(C(=O)OC(C)(C)C)CC(C(=O)OC)=C1c1cccc(OCc2cc(OC)cc(OC)c2)c1. The minimum atomic E-state index is -0.665. The number of nitrogens with zero attached hydrogens (tertiary/aromatic N) is 1. The van der Waals surface area contributed by atoms with Crippen LogP contribution in [0.3, 0.4) is 0 Å². The van der Waals surface area contributed by atoms with E-state index in [1.807, 2.05) is 36.4 Å². The minimum absolute atomic E-state index is 0.0613. The molecule has 206 valence electrons. The predicted octanol–water partition coefficient (Wildman–Crippen LogP) is 4.72. The highest BCUT2D eigenvalue weighted by atomic mass is 16.6. The molecule has 0 radical (unpaired) electrons. The maximum Gasteiger partial charge on any atom is 0.410 e. The molecule has 2 aromatic rings. The van der Waals surface area contributed by atoms with Gasteiger partial charge in [0, 0.05) is 25.6 Å². The van der Waals surface area contributed by atoms with E-state index < -0.39 is 17.7 Å². The summed E-state index contributed by atoms with van der Waals surface area (Å²) in [6.45, 7) is 6.38. The summed E-state index contributed by atoms with van der Waals surface area (Å²) < 4.78 is 32.9. The number of methoxy groups -OCH3 is 4. The highest BCUT2D eigenvalue weighted by Crippen LogP contribution is 2.35. The molecular weight excluding hydrogens is 490 g/mol. The fourth-order valence-electron chi connectivity index (χ4n) is 4.32. The molecule has 38 heavy (non-hydrogen) atoms. The Balaban J connectivity index is 1.94. The van der Waals surface area contributed by atoms with Gasteiger partial charge in [0.25, 0.3) is 0 Å². The Bertz CT molecular complexity index is 1150. The standard InChI is InChI=1S/C29H37NO8/c1-29(2,3)38-28(32)30-15-21(18-33-4)26(25(16-30)27(31)36-7)20-9-8-10-22(13-20)37-17-19-11-23(34-5)14-24(12-19)35-6/h8-14,21H,15-18H2,1-7H3. The maximum atomic E-state index is 12.9. The van der Waals surface area contributed by atoms with Gasteiger partial charge in [-0.25, -0.2) is 9.59 Å². The number of carbonyl (C=O) groups is 2. The average Bonchev–Trinajstić information content (AvgIpc) is 2.90. The Morgan fingerprint density at radius 3 is 2.21 bits per heavy atom. The Kier molecular flexibility index (Phi) is 9.63. The van der Waals surface area contributed by atoms with E-state index in [4.69, 9.17) is 28.4 Å². The quantitative estimate of drug-likeness (QED) is 0.433. The zero-order valence-corrected chi connectivity index (χ0v) is 23.2. The topological polar surface area (TPSA) is 92.8 Å². The van der Waals surface area contributed by atoms with Crippen molar-refractivity contribution in [3.05, 3.63) is 59.2 Å². The molecule has 2 aromatic carbocycles. The first kappa shape index (κ1) is 28.8. The van der Waals surface area contributed by atoms with Crippen LogP contribution in [0.1, 0.15) is 31.9 Å². The Hall–Kier alpha value is -3.72. The number of benzene rings is 2. The third-order valence-electron chi connectivity index (χ3n) is 5.94. The Morgan fingerprint density at radius 2 is 1.63 bits per heavy atom. The van der Waals surface area contributed by atoms with Crippen LogP contribution in [0.2, 0.25) is 0 Å². The molecule has 0 saturated heterocycles. The van der Waals surface area contributed by atoms with Crippen molar-refractivity contribution < 1.29 is 38.0 Å². The van der Waals surface area contributed by atoms with Crippen LogP contribution in [0.4, 0.5) is 4.79 Å². The summed E-state index contributed by atoms with van der Waals surface area (Å²) in [5, 5.41) is 0. The number of hydrogen-bond acceptors (Lipinski definition) is 8. The van der Waals surface area contributed by atoms with E-state index in [9.17, 15) is 9.59 Å². The van der Waals surface area contributed by atoms with Crippen molar-refractivity contribution in [2.24, 2.45) is 5.92 Å². The van der Waals surface area contributed by atoms with E-state index in [0.29, 0.717) is 36.0 Å². The van der Waals surface area contributed by atoms with Crippen molar-refractivity contribution in [2.45, 2.75) is 33.0 Å². The molecule has 0 aromatic heterocycles. The van der Waals surface area contributed by atoms with Crippen LogP contribution >= 0.6 is 0 Å². The van der Waals surface area contributed by atoms with Crippen molar-refractivity contribution in [3.63, 3.8) is 0 Å². The first-order valence-corrected chi connectivity index (χ1v) is 12.3. The molecule has 9 nitrogen and oxygen atoms in total. The van der Waals surface area contributed by atoms with E-state index in [0.717, 1.165) is 16.7 Å². The van der Waals surface area contributed by atoms with Gasteiger partial charge in [-0.1, -0.05) is 12.1 Å². The van der Waals surface area contributed by atoms with Crippen LogP contribution in [0, 0.1) is 5.92 Å². The molecule has 3 rings (SSSR count). The lowest BCUT2D eigenvalue weighted by Crippen LogP contribution is -2.46. The molecule has 1 aliphatic heterocycles. The minimum Gasteiger partial charge on any atom is -0.497 e. The molecule has 0 spiro atoms. The van der Waals surface area contributed by atoms with Crippen molar-refractivity contribution in [1.82, 2.24) is 4.90 Å². The van der Waals surface area contributed by atoms with Gasteiger partial charge in [0.05, 0.1) is 40.1 Å². The summed E-state index contributed by atoms with van der Waals surface area (Å²) in [5.74, 6) is 1.16. The van der Waals surface area contributed by atoms with E-state index in [1.54, 1.807) is 48.2 Å². The van der Waals surface area contributed by atoms with Gasteiger partial charge in [-0.2, -0.15) is 0 Å². The van der Waals surface area contributed by atoms with Crippen LogP contribution in [0.5, 0.6) is 17.2 Å². The number of hydrogen-bond donors (Lipinski definition) is 0. The lowest BCUT2D eigenvalue weighted by molar-refractivity contribution is -0.136. The van der Waals surface area contributed by atoms with Gasteiger partial charge in [-0.3, -0.25) is 0 Å². The number of esters is 1. The molecule has 0 fully saturated rings. The summed E-state index contributed by atoms with van der Waals surface area (Å²) in [5.41, 5.74) is 2.14. The first-order chi connectivity index (χ1) is 18.1. The van der Waals surface area contributed by atoms with Crippen LogP contribution in [-0.4, -0.2) is 70.7 Å². The van der Waals surface area contributed by atoms with Crippen LogP contribution in [0.25, 0.3) is 5.57 Å². The van der Waals surface area contributed by atoms with Crippen LogP contribution in [0.15, 0.2) is 48.0 Å². The van der Waals surface area contributed by atoms with E-state index >= 15 is 0 Å². The van der Waals surface area contributed by atoms with Gasteiger partial charge in [0.1, 0.15) is 29.5 Å². The monoisotopic (exact) mass is 527 g/mol. The lowest BCUT2D eigenvalue weighted by Gasteiger charge is -2.36. The summed E-state index contributed by atoms with van der Waals surface area (Å²) in [4.78, 5) is 27.3. The maximum absolute atomic E-state index is 12.9. The summed E-state index contributed by atoms with van der Waals surface area (Å²) in [6.07, 6.45) is -0.496. The molecule has 1 amide bonds. The third kappa shape index (κ3) is 7.41. The molecule has 1 aliphatic rings. The average molecular weight is 528 g/mol. The second kappa shape index (κ2) is 12.7. The molecule has 1 heterocycles. The van der Waals surface area contributed by atoms with Gasteiger partial charge < -0.3 is 33.3 Å². The van der Waals surface area contributed by atoms with Crippen LogP contribution in [-0.2, 0) is 25.6 Å². The summed E-state index contributed by atoms with van der Waals surface area (Å²) in [6, 6.07) is 13.1. The number of amides is 1. The Labute approximate surface area is 224 Å². The van der Waals surface area contributed by atoms with Crippen LogP contribution < -0.4 is 14.2 Å². The highest BCUT2D eigenvalue weighted by Gasteiger charge is 2.36. The van der Waals surface area contributed by atoms with Gasteiger partial charge in [0.15, 0.2) is 0 Å². The summed E-state index contributed by atoms with van der Waals surface area (Å²) >= 11 is 0. The van der Waals surface area contributed by atoms with E-state index in [-0.39, 0.29) is 19.1 Å². The normalized spacial score (nSPS) is 15.7. The fourth-order valence-corrected chi connectivity index (χ4v) is 4.32. The molecule has 1 unspecified atom stereocenters. The summed E-state index contributed by atoms with van der Waals surface area (Å²) in [7, 11) is 6.11. The second-order valence-electron chi connectivity index (χ2n) is 9.93.